The Morgan fingerprint density at radius 3 is 2.74 bits per heavy atom. The van der Waals surface area contributed by atoms with Gasteiger partial charge in [0, 0.05) is 5.56 Å². The average molecular weight is 336 g/mol. The van der Waals surface area contributed by atoms with Crippen molar-refractivity contribution in [3.8, 4) is 5.75 Å². The van der Waals surface area contributed by atoms with Crippen LogP contribution in [0.4, 0.5) is 0 Å². The van der Waals surface area contributed by atoms with Gasteiger partial charge in [0.05, 0.1) is 12.4 Å². The van der Waals surface area contributed by atoms with Crippen molar-refractivity contribution in [1.82, 2.24) is 5.32 Å². The van der Waals surface area contributed by atoms with Crippen molar-refractivity contribution in [3.05, 3.63) is 52.5 Å². The summed E-state index contributed by atoms with van der Waals surface area (Å²) in [6, 6.07) is 7.61. The number of amides is 1. The third-order valence-corrected chi connectivity index (χ3v) is 4.11. The van der Waals surface area contributed by atoms with E-state index in [1.54, 1.807) is 13.0 Å². The molecule has 0 spiro atoms. The van der Waals surface area contributed by atoms with Gasteiger partial charge in [0.2, 0.25) is 0 Å². The Labute approximate surface area is 141 Å². The molecule has 4 nitrogen and oxygen atoms in total. The molecular weight excluding hydrogens is 314 g/mol. The van der Waals surface area contributed by atoms with Crippen molar-refractivity contribution >= 4 is 17.5 Å². The lowest BCUT2D eigenvalue weighted by Crippen LogP contribution is -2.33. The molecule has 1 aromatic carbocycles. The van der Waals surface area contributed by atoms with Crippen LogP contribution in [-0.4, -0.2) is 18.6 Å². The van der Waals surface area contributed by atoms with E-state index in [4.69, 9.17) is 20.8 Å². The van der Waals surface area contributed by atoms with Crippen LogP contribution in [0, 0.1) is 20.8 Å². The van der Waals surface area contributed by atoms with Gasteiger partial charge in [0.15, 0.2) is 5.76 Å². The first kappa shape index (κ1) is 17.4. The van der Waals surface area contributed by atoms with Crippen LogP contribution in [-0.2, 0) is 5.88 Å². The number of ether oxygens (including phenoxy) is 1. The van der Waals surface area contributed by atoms with E-state index in [0.29, 0.717) is 18.2 Å². The second-order valence-corrected chi connectivity index (χ2v) is 5.93. The number of halogens is 1. The van der Waals surface area contributed by atoms with Gasteiger partial charge in [0.1, 0.15) is 17.6 Å². The molecule has 23 heavy (non-hydrogen) atoms. The molecule has 1 atom stereocenters. The fourth-order valence-electron chi connectivity index (χ4n) is 2.20. The Hall–Kier alpha value is -1.94. The Morgan fingerprint density at radius 1 is 1.35 bits per heavy atom. The highest BCUT2D eigenvalue weighted by Gasteiger charge is 2.15. The van der Waals surface area contributed by atoms with Gasteiger partial charge >= 0.3 is 0 Å². The number of hydrogen-bond acceptors (Lipinski definition) is 3. The first-order valence-electron chi connectivity index (χ1n) is 7.58. The molecule has 1 N–H and O–H groups in total. The molecule has 2 rings (SSSR count). The topological polar surface area (TPSA) is 51.5 Å². The van der Waals surface area contributed by atoms with Gasteiger partial charge in [-0.1, -0.05) is 12.1 Å². The maximum Gasteiger partial charge on any atom is 0.287 e. The molecule has 0 bridgehead atoms. The summed E-state index contributed by atoms with van der Waals surface area (Å²) in [7, 11) is 0. The van der Waals surface area contributed by atoms with Crippen LogP contribution in [0.1, 0.15) is 39.9 Å². The minimum atomic E-state index is -0.263. The zero-order chi connectivity index (χ0) is 17.0. The van der Waals surface area contributed by atoms with Crippen LogP contribution in [0.25, 0.3) is 0 Å². The van der Waals surface area contributed by atoms with Gasteiger partial charge < -0.3 is 14.5 Å². The van der Waals surface area contributed by atoms with Crippen molar-refractivity contribution in [3.63, 3.8) is 0 Å². The van der Waals surface area contributed by atoms with Gasteiger partial charge in [-0.3, -0.25) is 4.79 Å². The molecule has 2 aromatic rings. The van der Waals surface area contributed by atoms with Gasteiger partial charge in [-0.15, -0.1) is 11.6 Å². The lowest BCUT2D eigenvalue weighted by atomic mass is 10.1. The molecule has 1 heterocycles. The first-order valence-corrected chi connectivity index (χ1v) is 8.12. The van der Waals surface area contributed by atoms with E-state index < -0.39 is 0 Å². The van der Waals surface area contributed by atoms with E-state index in [1.807, 2.05) is 39.0 Å². The normalized spacial score (nSPS) is 12.0. The molecule has 0 aliphatic rings. The van der Waals surface area contributed by atoms with Crippen molar-refractivity contribution in [1.29, 1.82) is 0 Å². The second-order valence-electron chi connectivity index (χ2n) is 5.66. The molecule has 5 heteroatoms. The zero-order valence-electron chi connectivity index (χ0n) is 13.9. The molecule has 1 aromatic heterocycles. The van der Waals surface area contributed by atoms with Crippen LogP contribution >= 0.6 is 11.6 Å². The van der Waals surface area contributed by atoms with E-state index >= 15 is 0 Å². The molecule has 0 saturated carbocycles. The number of carbonyl (C=O) groups is 1. The molecule has 124 valence electrons. The number of alkyl halides is 1. The highest BCUT2D eigenvalue weighted by atomic mass is 35.5. The lowest BCUT2D eigenvalue weighted by molar-refractivity contribution is 0.0903. The van der Waals surface area contributed by atoms with Gasteiger partial charge in [-0.2, -0.15) is 0 Å². The van der Waals surface area contributed by atoms with E-state index in [0.717, 1.165) is 16.9 Å². The SMILES string of the molecule is Cc1cccc(OC(C)CNC(=O)c2cc(CCl)c(C)o2)c1C. The van der Waals surface area contributed by atoms with E-state index in [-0.39, 0.29) is 17.8 Å². The predicted octanol–water partition coefficient (Wildman–Crippen LogP) is 4.14. The van der Waals surface area contributed by atoms with E-state index in [9.17, 15) is 4.79 Å². The fourth-order valence-corrected chi connectivity index (χ4v) is 2.46. The average Bonchev–Trinajstić information content (AvgIpc) is 2.90. The van der Waals surface area contributed by atoms with Crippen LogP contribution in [0.2, 0.25) is 0 Å². The molecule has 0 fully saturated rings. The fraction of sp³-hybridized carbons (Fsp3) is 0.389. The summed E-state index contributed by atoms with van der Waals surface area (Å²) >= 11 is 5.78. The molecular formula is C18H22ClNO3. The quantitative estimate of drug-likeness (QED) is 0.807. The maximum absolute atomic E-state index is 12.1. The summed E-state index contributed by atoms with van der Waals surface area (Å²) in [4.78, 5) is 12.1. The number of aryl methyl sites for hydroxylation is 2. The summed E-state index contributed by atoms with van der Waals surface area (Å²) in [5.41, 5.74) is 3.12. The number of benzene rings is 1. The van der Waals surface area contributed by atoms with Crippen molar-refractivity contribution in [2.45, 2.75) is 39.7 Å². The van der Waals surface area contributed by atoms with Gasteiger partial charge in [0.25, 0.3) is 5.91 Å². The third kappa shape index (κ3) is 4.29. The number of nitrogens with one attached hydrogen (secondary N) is 1. The minimum Gasteiger partial charge on any atom is -0.489 e. The Balaban J connectivity index is 1.92. The molecule has 0 radical (unpaired) electrons. The van der Waals surface area contributed by atoms with E-state index in [1.165, 1.54) is 5.56 Å². The maximum atomic E-state index is 12.1. The molecule has 1 amide bonds. The van der Waals surface area contributed by atoms with Gasteiger partial charge in [-0.05, 0) is 51.0 Å². The van der Waals surface area contributed by atoms with E-state index in [2.05, 4.69) is 5.32 Å². The number of carbonyl (C=O) groups excluding carboxylic acids is 1. The van der Waals surface area contributed by atoms with Crippen LogP contribution in [0.15, 0.2) is 28.7 Å². The molecule has 0 saturated heterocycles. The second kappa shape index (κ2) is 7.55. The standard InChI is InChI=1S/C18H22ClNO3/c1-11-6-5-7-16(13(11)3)22-12(2)10-20-18(21)17-8-15(9-19)14(4)23-17/h5-8,12H,9-10H2,1-4H3,(H,20,21). The predicted molar refractivity (Wildman–Crippen MR) is 91.3 cm³/mol. The number of hydrogen-bond donors (Lipinski definition) is 1. The van der Waals surface area contributed by atoms with Crippen LogP contribution < -0.4 is 10.1 Å². The third-order valence-electron chi connectivity index (χ3n) is 3.82. The van der Waals surface area contributed by atoms with Crippen LogP contribution in [0.5, 0.6) is 5.75 Å². The van der Waals surface area contributed by atoms with Gasteiger partial charge in [-0.25, -0.2) is 0 Å². The summed E-state index contributed by atoms with van der Waals surface area (Å²) in [6.07, 6.45) is -0.150. The minimum absolute atomic E-state index is 0.150. The van der Waals surface area contributed by atoms with Crippen LogP contribution in [0.3, 0.4) is 0 Å². The Morgan fingerprint density at radius 2 is 2.09 bits per heavy atom. The molecule has 0 aliphatic carbocycles. The van der Waals surface area contributed by atoms with Crippen molar-refractivity contribution in [2.75, 3.05) is 6.54 Å². The first-order chi connectivity index (χ1) is 10.9. The zero-order valence-corrected chi connectivity index (χ0v) is 14.7. The molecule has 0 aliphatic heterocycles. The summed E-state index contributed by atoms with van der Waals surface area (Å²) < 4.78 is 11.3. The summed E-state index contributed by atoms with van der Waals surface area (Å²) in [5.74, 6) is 1.85. The van der Waals surface area contributed by atoms with Crippen molar-refractivity contribution < 1.29 is 13.9 Å². The Bertz CT molecular complexity index is 694. The molecule has 1 unspecified atom stereocenters. The largest absolute Gasteiger partial charge is 0.489 e. The highest BCUT2D eigenvalue weighted by Crippen LogP contribution is 2.21. The Kier molecular flexibility index (Phi) is 5.72. The lowest BCUT2D eigenvalue weighted by Gasteiger charge is -2.17. The monoisotopic (exact) mass is 335 g/mol. The number of rotatable bonds is 6. The summed E-state index contributed by atoms with van der Waals surface area (Å²) in [6.45, 7) is 8.17. The summed E-state index contributed by atoms with van der Waals surface area (Å²) in [5, 5.41) is 2.82. The highest BCUT2D eigenvalue weighted by molar-refractivity contribution is 6.17. The number of furan rings is 1. The smallest absolute Gasteiger partial charge is 0.287 e. The van der Waals surface area contributed by atoms with Crippen molar-refractivity contribution in [2.24, 2.45) is 0 Å².